The minimum atomic E-state index is 0.115. The van der Waals surface area contributed by atoms with Crippen LogP contribution in [-0.4, -0.2) is 33.3 Å². The SMILES string of the molecule is c1cncc(-c2nc3c(c(NCC4CC(C5CC5)=NO4)n2)CCC3)c1. The summed E-state index contributed by atoms with van der Waals surface area (Å²) in [5, 5.41) is 7.77. The van der Waals surface area contributed by atoms with Crippen molar-refractivity contribution in [1.82, 2.24) is 15.0 Å². The van der Waals surface area contributed by atoms with Crippen LogP contribution < -0.4 is 5.32 Å². The summed E-state index contributed by atoms with van der Waals surface area (Å²) in [6.45, 7) is 0.732. The second-order valence-electron chi connectivity index (χ2n) is 7.09. The van der Waals surface area contributed by atoms with E-state index in [2.05, 4.69) is 15.5 Å². The Bertz CT molecular complexity index is 816. The molecule has 3 heterocycles. The van der Waals surface area contributed by atoms with E-state index in [1.165, 1.54) is 29.8 Å². The topological polar surface area (TPSA) is 72.3 Å². The first-order chi connectivity index (χ1) is 12.4. The quantitative estimate of drug-likeness (QED) is 0.909. The number of nitrogens with zero attached hydrogens (tertiary/aromatic N) is 4. The summed E-state index contributed by atoms with van der Waals surface area (Å²) in [4.78, 5) is 19.3. The Labute approximate surface area is 146 Å². The molecular weight excluding hydrogens is 314 g/mol. The van der Waals surface area contributed by atoms with Crippen LogP contribution in [0.5, 0.6) is 0 Å². The van der Waals surface area contributed by atoms with Crippen LogP contribution in [0.4, 0.5) is 5.82 Å². The van der Waals surface area contributed by atoms with Gasteiger partial charge in [-0.1, -0.05) is 5.16 Å². The van der Waals surface area contributed by atoms with Crippen molar-refractivity contribution in [2.24, 2.45) is 11.1 Å². The smallest absolute Gasteiger partial charge is 0.163 e. The maximum absolute atomic E-state index is 5.59. The van der Waals surface area contributed by atoms with Gasteiger partial charge in [-0.3, -0.25) is 4.98 Å². The second-order valence-corrected chi connectivity index (χ2v) is 7.09. The fraction of sp³-hybridized carbons (Fsp3) is 0.474. The predicted molar refractivity (Wildman–Crippen MR) is 95.4 cm³/mol. The van der Waals surface area contributed by atoms with Crippen molar-refractivity contribution in [1.29, 1.82) is 0 Å². The number of rotatable bonds is 5. The molecule has 1 fully saturated rings. The molecule has 2 aromatic heterocycles. The van der Waals surface area contributed by atoms with E-state index in [-0.39, 0.29) is 6.10 Å². The molecule has 1 saturated carbocycles. The number of aromatic nitrogens is 3. The Morgan fingerprint density at radius 2 is 2.16 bits per heavy atom. The standard InChI is InChI=1S/C19H21N5O/c1-4-15-16(5-1)22-18(13-3-2-8-20-10-13)23-19(15)21-11-14-9-17(24-25-14)12-6-7-12/h2-3,8,10,12,14H,1,4-7,9,11H2,(H,21,22,23). The Morgan fingerprint density at radius 1 is 1.20 bits per heavy atom. The number of hydrogen-bond donors (Lipinski definition) is 1. The van der Waals surface area contributed by atoms with Gasteiger partial charge in [-0.05, 0) is 44.2 Å². The monoisotopic (exact) mass is 335 g/mol. The largest absolute Gasteiger partial charge is 0.390 e. The van der Waals surface area contributed by atoms with Gasteiger partial charge in [0.05, 0.1) is 12.3 Å². The summed E-state index contributed by atoms with van der Waals surface area (Å²) in [6, 6.07) is 3.92. The zero-order valence-corrected chi connectivity index (χ0v) is 14.1. The molecule has 0 saturated heterocycles. The molecule has 1 atom stereocenters. The van der Waals surface area contributed by atoms with Gasteiger partial charge in [0.1, 0.15) is 11.9 Å². The molecule has 2 aromatic rings. The van der Waals surface area contributed by atoms with E-state index >= 15 is 0 Å². The lowest BCUT2D eigenvalue weighted by molar-refractivity contribution is 0.0948. The lowest BCUT2D eigenvalue weighted by Gasteiger charge is -2.14. The summed E-state index contributed by atoms with van der Waals surface area (Å²) >= 11 is 0. The van der Waals surface area contributed by atoms with Crippen molar-refractivity contribution in [3.63, 3.8) is 0 Å². The zero-order valence-electron chi connectivity index (χ0n) is 14.1. The van der Waals surface area contributed by atoms with Crippen LogP contribution in [0.1, 0.15) is 36.9 Å². The first kappa shape index (κ1) is 14.8. The summed E-state index contributed by atoms with van der Waals surface area (Å²) in [6.07, 6.45) is 10.4. The third kappa shape index (κ3) is 2.97. The number of fused-ring (bicyclic) bond motifs is 1. The van der Waals surface area contributed by atoms with Crippen LogP contribution in [0.25, 0.3) is 11.4 Å². The number of oxime groups is 1. The van der Waals surface area contributed by atoms with E-state index in [0.29, 0.717) is 5.92 Å². The molecule has 1 unspecified atom stereocenters. The van der Waals surface area contributed by atoms with Crippen molar-refractivity contribution < 1.29 is 4.84 Å². The molecular formula is C19H21N5O. The van der Waals surface area contributed by atoms with Crippen LogP contribution in [-0.2, 0) is 17.7 Å². The van der Waals surface area contributed by atoms with E-state index < -0.39 is 0 Å². The molecule has 0 spiro atoms. The molecule has 0 amide bonds. The van der Waals surface area contributed by atoms with Crippen LogP contribution in [0.3, 0.4) is 0 Å². The van der Waals surface area contributed by atoms with Gasteiger partial charge in [0, 0.05) is 41.6 Å². The summed E-state index contributed by atoms with van der Waals surface area (Å²) < 4.78 is 0. The highest BCUT2D eigenvalue weighted by atomic mass is 16.6. The van der Waals surface area contributed by atoms with E-state index in [9.17, 15) is 0 Å². The number of aryl methyl sites for hydroxylation is 1. The highest BCUT2D eigenvalue weighted by Gasteiger charge is 2.34. The third-order valence-corrected chi connectivity index (χ3v) is 5.15. The van der Waals surface area contributed by atoms with E-state index in [1.807, 2.05) is 18.3 Å². The summed E-state index contributed by atoms with van der Waals surface area (Å²) in [5.74, 6) is 2.38. The van der Waals surface area contributed by atoms with Gasteiger partial charge in [-0.15, -0.1) is 0 Å². The predicted octanol–water partition coefficient (Wildman–Crippen LogP) is 2.99. The Kier molecular flexibility index (Phi) is 3.61. The molecule has 5 rings (SSSR count). The van der Waals surface area contributed by atoms with Crippen molar-refractivity contribution in [3.05, 3.63) is 35.8 Å². The molecule has 0 radical (unpaired) electrons. The number of nitrogens with one attached hydrogen (secondary N) is 1. The van der Waals surface area contributed by atoms with Crippen molar-refractivity contribution in [2.75, 3.05) is 11.9 Å². The number of anilines is 1. The fourth-order valence-corrected chi connectivity index (χ4v) is 3.63. The van der Waals surface area contributed by atoms with Gasteiger partial charge in [-0.2, -0.15) is 0 Å². The minimum absolute atomic E-state index is 0.115. The highest BCUT2D eigenvalue weighted by molar-refractivity contribution is 5.89. The molecule has 1 N–H and O–H groups in total. The minimum Gasteiger partial charge on any atom is -0.390 e. The summed E-state index contributed by atoms with van der Waals surface area (Å²) in [7, 11) is 0. The maximum Gasteiger partial charge on any atom is 0.163 e. The Hall–Kier alpha value is -2.50. The van der Waals surface area contributed by atoms with Crippen LogP contribution in [0.15, 0.2) is 29.7 Å². The van der Waals surface area contributed by atoms with Gasteiger partial charge in [0.2, 0.25) is 0 Å². The molecule has 0 bridgehead atoms. The van der Waals surface area contributed by atoms with Crippen LogP contribution in [0, 0.1) is 5.92 Å². The molecule has 25 heavy (non-hydrogen) atoms. The van der Waals surface area contributed by atoms with E-state index in [1.54, 1.807) is 6.20 Å². The maximum atomic E-state index is 5.59. The van der Waals surface area contributed by atoms with Gasteiger partial charge >= 0.3 is 0 Å². The van der Waals surface area contributed by atoms with Gasteiger partial charge in [0.25, 0.3) is 0 Å². The molecule has 0 aromatic carbocycles. The van der Waals surface area contributed by atoms with Gasteiger partial charge < -0.3 is 10.2 Å². The molecule has 6 nitrogen and oxygen atoms in total. The van der Waals surface area contributed by atoms with Crippen molar-refractivity contribution in [3.8, 4) is 11.4 Å². The van der Waals surface area contributed by atoms with E-state index in [0.717, 1.165) is 49.4 Å². The molecule has 1 aliphatic heterocycles. The normalized spacial score (nSPS) is 21.6. The average Bonchev–Trinajstić information content (AvgIpc) is 3.20. The molecule has 2 aliphatic carbocycles. The van der Waals surface area contributed by atoms with Crippen LogP contribution >= 0.6 is 0 Å². The van der Waals surface area contributed by atoms with E-state index in [4.69, 9.17) is 14.8 Å². The fourth-order valence-electron chi connectivity index (χ4n) is 3.63. The summed E-state index contributed by atoms with van der Waals surface area (Å²) in [5.41, 5.74) is 4.63. The lowest BCUT2D eigenvalue weighted by Crippen LogP contribution is -2.21. The number of hydrogen-bond acceptors (Lipinski definition) is 6. The second kappa shape index (κ2) is 6.10. The Balaban J connectivity index is 1.35. The van der Waals surface area contributed by atoms with Gasteiger partial charge in [-0.25, -0.2) is 9.97 Å². The van der Waals surface area contributed by atoms with Gasteiger partial charge in [0.15, 0.2) is 5.82 Å². The third-order valence-electron chi connectivity index (χ3n) is 5.15. The number of pyridine rings is 1. The van der Waals surface area contributed by atoms with Crippen molar-refractivity contribution >= 4 is 11.5 Å². The first-order valence-corrected chi connectivity index (χ1v) is 9.13. The first-order valence-electron chi connectivity index (χ1n) is 9.13. The molecule has 3 aliphatic rings. The molecule has 128 valence electrons. The van der Waals surface area contributed by atoms with Crippen molar-refractivity contribution in [2.45, 2.75) is 44.6 Å². The van der Waals surface area contributed by atoms with Crippen LogP contribution in [0.2, 0.25) is 0 Å². The zero-order chi connectivity index (χ0) is 16.6. The lowest BCUT2D eigenvalue weighted by atomic mass is 10.1. The molecule has 6 heteroatoms. The highest BCUT2D eigenvalue weighted by Crippen LogP contribution is 2.35. The Morgan fingerprint density at radius 3 is 3.00 bits per heavy atom. The average molecular weight is 335 g/mol.